The molecule has 0 aliphatic heterocycles. The summed E-state index contributed by atoms with van der Waals surface area (Å²) in [6, 6.07) is 10.9. The Morgan fingerprint density at radius 3 is 2.39 bits per heavy atom. The summed E-state index contributed by atoms with van der Waals surface area (Å²) in [6.07, 6.45) is 0.894. The predicted octanol–water partition coefficient (Wildman–Crippen LogP) is 3.14. The molecule has 31 heavy (non-hydrogen) atoms. The van der Waals surface area contributed by atoms with E-state index in [-0.39, 0.29) is 28.7 Å². The topological polar surface area (TPSA) is 101 Å². The second kappa shape index (κ2) is 9.70. The van der Waals surface area contributed by atoms with Crippen molar-refractivity contribution in [2.24, 2.45) is 10.7 Å². The highest BCUT2D eigenvalue weighted by Gasteiger charge is 2.18. The van der Waals surface area contributed by atoms with Crippen LogP contribution in [0.4, 0.5) is 0 Å². The molecule has 0 radical (unpaired) electrons. The van der Waals surface area contributed by atoms with Crippen LogP contribution in [0.5, 0.6) is 11.5 Å². The fourth-order valence-electron chi connectivity index (χ4n) is 3.44. The summed E-state index contributed by atoms with van der Waals surface area (Å²) in [6.45, 7) is 5.11. The van der Waals surface area contributed by atoms with Crippen molar-refractivity contribution in [3.8, 4) is 11.5 Å². The van der Waals surface area contributed by atoms with E-state index in [9.17, 15) is 9.59 Å². The Balaban J connectivity index is 2.12. The van der Waals surface area contributed by atoms with Crippen LogP contribution < -0.4 is 20.8 Å². The van der Waals surface area contributed by atoms with Gasteiger partial charge in [0.2, 0.25) is 5.62 Å². The molecule has 0 aliphatic rings. The third-order valence-electron chi connectivity index (χ3n) is 4.75. The molecule has 9 heteroatoms. The van der Waals surface area contributed by atoms with Crippen LogP contribution in [0.25, 0.3) is 11.0 Å². The van der Waals surface area contributed by atoms with E-state index in [1.54, 1.807) is 0 Å². The van der Waals surface area contributed by atoms with Gasteiger partial charge in [0.1, 0.15) is 0 Å². The molecule has 164 valence electrons. The van der Waals surface area contributed by atoms with Crippen molar-refractivity contribution >= 4 is 34.4 Å². The first kappa shape index (κ1) is 22.4. The Hall–Kier alpha value is -3.26. The van der Waals surface area contributed by atoms with E-state index in [4.69, 9.17) is 26.8 Å². The summed E-state index contributed by atoms with van der Waals surface area (Å²) in [5, 5.41) is 0.122. The van der Waals surface area contributed by atoms with Gasteiger partial charge in [0.05, 0.1) is 23.2 Å². The average Bonchev–Trinajstić information content (AvgIpc) is 3.04. The molecular formula is C22H25ClN4O4. The summed E-state index contributed by atoms with van der Waals surface area (Å²) in [4.78, 5) is 28.5. The van der Waals surface area contributed by atoms with Gasteiger partial charge in [-0.25, -0.2) is 0 Å². The summed E-state index contributed by atoms with van der Waals surface area (Å²) in [5.41, 5.74) is 7.96. The van der Waals surface area contributed by atoms with Crippen LogP contribution in [-0.2, 0) is 17.9 Å². The van der Waals surface area contributed by atoms with E-state index in [1.807, 2.05) is 40.3 Å². The second-order valence-corrected chi connectivity index (χ2v) is 7.25. The lowest BCUT2D eigenvalue weighted by Gasteiger charge is -2.12. The quantitative estimate of drug-likeness (QED) is 0.576. The number of aryl methyl sites for hydroxylation is 2. The lowest BCUT2D eigenvalue weighted by atomic mass is 10.2. The van der Waals surface area contributed by atoms with Gasteiger partial charge in [-0.05, 0) is 37.6 Å². The number of primary amides is 1. The Morgan fingerprint density at radius 2 is 1.81 bits per heavy atom. The molecule has 1 heterocycles. The molecule has 8 nitrogen and oxygen atoms in total. The number of para-hydroxylation sites is 2. The number of rotatable bonds is 8. The summed E-state index contributed by atoms with van der Waals surface area (Å²) in [7, 11) is 1.42. The molecule has 2 N–H and O–H groups in total. The molecule has 0 aliphatic carbocycles. The Labute approximate surface area is 184 Å². The van der Waals surface area contributed by atoms with Gasteiger partial charge in [-0.1, -0.05) is 30.7 Å². The van der Waals surface area contributed by atoms with E-state index in [1.165, 1.54) is 19.2 Å². The number of methoxy groups -OCH3 is 1. The van der Waals surface area contributed by atoms with Crippen LogP contribution >= 0.6 is 11.6 Å². The number of halogens is 1. The van der Waals surface area contributed by atoms with Gasteiger partial charge >= 0.3 is 0 Å². The van der Waals surface area contributed by atoms with E-state index >= 15 is 0 Å². The standard InChI is InChI=1S/C22H25ClN4O4/c1-4-10-27-17-9-7-6-8-16(17)26(5-2)22(27)25-21(29)14-11-15(23)20(18(12-14)30-3)31-13-19(24)28/h6-9,11-12H,4-5,10,13H2,1-3H3,(H2,24,28). The smallest absolute Gasteiger partial charge is 0.280 e. The number of ether oxygens (including phenoxy) is 2. The number of nitrogens with two attached hydrogens (primary N) is 1. The predicted molar refractivity (Wildman–Crippen MR) is 118 cm³/mol. The minimum absolute atomic E-state index is 0.122. The zero-order chi connectivity index (χ0) is 22.5. The van der Waals surface area contributed by atoms with Crippen LogP contribution in [0.15, 0.2) is 41.4 Å². The number of hydrogen-bond donors (Lipinski definition) is 1. The second-order valence-electron chi connectivity index (χ2n) is 6.85. The van der Waals surface area contributed by atoms with Crippen molar-refractivity contribution in [2.75, 3.05) is 13.7 Å². The summed E-state index contributed by atoms with van der Waals surface area (Å²) < 4.78 is 14.7. The first-order chi connectivity index (χ1) is 14.9. The van der Waals surface area contributed by atoms with Crippen LogP contribution in [0.2, 0.25) is 5.02 Å². The number of aromatic nitrogens is 2. The van der Waals surface area contributed by atoms with Gasteiger partial charge in [0.25, 0.3) is 11.8 Å². The highest BCUT2D eigenvalue weighted by Crippen LogP contribution is 2.36. The van der Waals surface area contributed by atoms with Crippen LogP contribution in [0, 0.1) is 0 Å². The van der Waals surface area contributed by atoms with Gasteiger partial charge < -0.3 is 24.3 Å². The number of nitrogens with zero attached hydrogens (tertiary/aromatic N) is 3. The first-order valence-corrected chi connectivity index (χ1v) is 10.3. The van der Waals surface area contributed by atoms with Gasteiger partial charge in [0, 0.05) is 18.7 Å². The average molecular weight is 445 g/mol. The lowest BCUT2D eigenvalue weighted by molar-refractivity contribution is -0.119. The molecule has 0 saturated heterocycles. The molecule has 3 rings (SSSR count). The van der Waals surface area contributed by atoms with Gasteiger partial charge in [-0.2, -0.15) is 4.99 Å². The maximum Gasteiger partial charge on any atom is 0.280 e. The van der Waals surface area contributed by atoms with Crippen LogP contribution in [-0.4, -0.2) is 34.7 Å². The zero-order valence-electron chi connectivity index (χ0n) is 17.7. The Kier molecular flexibility index (Phi) is 7.02. The lowest BCUT2D eigenvalue weighted by Crippen LogP contribution is -2.27. The van der Waals surface area contributed by atoms with Crippen molar-refractivity contribution in [3.63, 3.8) is 0 Å². The zero-order valence-corrected chi connectivity index (χ0v) is 18.5. The molecule has 2 amide bonds. The number of amides is 2. The molecule has 3 aromatic rings. The number of fused-ring (bicyclic) bond motifs is 1. The maximum atomic E-state index is 13.1. The highest BCUT2D eigenvalue weighted by atomic mass is 35.5. The monoisotopic (exact) mass is 444 g/mol. The molecule has 0 unspecified atom stereocenters. The maximum absolute atomic E-state index is 13.1. The van der Waals surface area contributed by atoms with Crippen molar-refractivity contribution in [2.45, 2.75) is 33.4 Å². The number of imidazole rings is 1. The van der Waals surface area contributed by atoms with E-state index in [0.717, 1.165) is 24.0 Å². The Morgan fingerprint density at radius 1 is 1.13 bits per heavy atom. The molecule has 2 aromatic carbocycles. The molecule has 0 fully saturated rings. The fraction of sp³-hybridized carbons (Fsp3) is 0.318. The normalized spacial score (nSPS) is 11.7. The van der Waals surface area contributed by atoms with Gasteiger partial charge in [-0.15, -0.1) is 0 Å². The van der Waals surface area contributed by atoms with Crippen molar-refractivity contribution in [1.82, 2.24) is 9.13 Å². The molecule has 0 atom stereocenters. The third-order valence-corrected chi connectivity index (χ3v) is 5.03. The Bertz CT molecular complexity index is 1200. The minimum atomic E-state index is -0.652. The van der Waals surface area contributed by atoms with Crippen LogP contribution in [0.3, 0.4) is 0 Å². The van der Waals surface area contributed by atoms with Crippen molar-refractivity contribution in [3.05, 3.63) is 52.6 Å². The van der Waals surface area contributed by atoms with Gasteiger partial charge in [0.15, 0.2) is 18.1 Å². The number of carbonyl (C=O) groups excluding carboxylic acids is 2. The molecular weight excluding hydrogens is 420 g/mol. The summed E-state index contributed by atoms with van der Waals surface area (Å²) >= 11 is 6.29. The van der Waals surface area contributed by atoms with Crippen molar-refractivity contribution in [1.29, 1.82) is 0 Å². The number of carbonyl (C=O) groups is 2. The SMILES string of the molecule is CCCn1c(=NC(=O)c2cc(Cl)c(OCC(N)=O)c(OC)c2)n(CC)c2ccccc21. The third kappa shape index (κ3) is 4.59. The number of benzene rings is 2. The van der Waals surface area contributed by atoms with Crippen molar-refractivity contribution < 1.29 is 19.1 Å². The first-order valence-electron chi connectivity index (χ1n) is 9.96. The highest BCUT2D eigenvalue weighted by molar-refractivity contribution is 6.32. The molecule has 0 bridgehead atoms. The minimum Gasteiger partial charge on any atom is -0.493 e. The fourth-order valence-corrected chi connectivity index (χ4v) is 3.71. The molecule has 1 aromatic heterocycles. The van der Waals surface area contributed by atoms with Crippen LogP contribution in [0.1, 0.15) is 30.6 Å². The van der Waals surface area contributed by atoms with Gasteiger partial charge in [-0.3, -0.25) is 9.59 Å². The van der Waals surface area contributed by atoms with E-state index in [0.29, 0.717) is 12.2 Å². The van der Waals surface area contributed by atoms with E-state index in [2.05, 4.69) is 11.9 Å². The van der Waals surface area contributed by atoms with E-state index < -0.39 is 11.8 Å². The molecule has 0 spiro atoms. The largest absolute Gasteiger partial charge is 0.493 e. The summed E-state index contributed by atoms with van der Waals surface area (Å²) in [5.74, 6) is -0.766. The molecule has 0 saturated carbocycles. The number of hydrogen-bond acceptors (Lipinski definition) is 4.